The summed E-state index contributed by atoms with van der Waals surface area (Å²) in [5.74, 6) is 0.946. The third-order valence-electron chi connectivity index (χ3n) is 4.59. The smallest absolute Gasteiger partial charge is 0.439 e. The highest BCUT2D eigenvalue weighted by Gasteiger charge is 2.31. The highest BCUT2D eigenvalue weighted by atomic mass is 16.7. The van der Waals surface area contributed by atoms with E-state index >= 15 is 0 Å². The predicted molar refractivity (Wildman–Crippen MR) is 111 cm³/mol. The second kappa shape index (κ2) is 6.51. The van der Waals surface area contributed by atoms with E-state index in [2.05, 4.69) is 20.7 Å². The molecule has 0 amide bonds. The van der Waals surface area contributed by atoms with E-state index < -0.39 is 11.5 Å². The van der Waals surface area contributed by atoms with Crippen LogP contribution in [-0.2, 0) is 0 Å². The molecular formula is C21H19N5O4. The van der Waals surface area contributed by atoms with Crippen molar-refractivity contribution in [2.45, 2.75) is 26.6 Å². The molecule has 3 heterocycles. The van der Waals surface area contributed by atoms with Crippen LogP contribution in [0.5, 0.6) is 11.5 Å². The number of benzene rings is 2. The molecule has 0 saturated carbocycles. The number of fused-ring (bicyclic) bond motifs is 2. The van der Waals surface area contributed by atoms with Crippen LogP contribution in [0.2, 0.25) is 0 Å². The third kappa shape index (κ3) is 3.20. The second-order valence-electron chi connectivity index (χ2n) is 7.40. The van der Waals surface area contributed by atoms with Gasteiger partial charge in [0, 0.05) is 37.4 Å². The lowest BCUT2D eigenvalue weighted by Crippen LogP contribution is -2.29. The average molecular weight is 405 g/mol. The van der Waals surface area contributed by atoms with Crippen LogP contribution in [0.4, 0.5) is 17.5 Å². The molecule has 0 bridgehead atoms. The highest BCUT2D eigenvalue weighted by molar-refractivity contribution is 5.73. The standard InChI is InChI=1S/C21H19N5O4/c1-12-11-22-19(23-13-8-9-16-17(10-13)30-21(2,3)29-16)24-18(12)25-26-14-6-4-5-7-15(14)28-20(26)27/h4-11H,1-3H3,(H2,22,23,24,25). The van der Waals surface area contributed by atoms with Crippen molar-refractivity contribution >= 4 is 28.6 Å². The SMILES string of the molecule is Cc1cnc(Nc2ccc3c(c2)OC(C)(C)O3)nc1Nn1c(=O)oc2ccccc21. The van der Waals surface area contributed by atoms with Crippen molar-refractivity contribution in [1.29, 1.82) is 0 Å². The molecule has 0 atom stereocenters. The summed E-state index contributed by atoms with van der Waals surface area (Å²) in [4.78, 5) is 21.1. The van der Waals surface area contributed by atoms with E-state index in [0.29, 0.717) is 34.4 Å². The van der Waals surface area contributed by atoms with Crippen LogP contribution >= 0.6 is 0 Å². The number of rotatable bonds is 4. The Labute approximate surface area is 171 Å². The Morgan fingerprint density at radius 1 is 1.07 bits per heavy atom. The number of oxazole rings is 1. The minimum absolute atomic E-state index is 0.363. The van der Waals surface area contributed by atoms with Crippen molar-refractivity contribution in [3.05, 3.63) is 64.8 Å². The van der Waals surface area contributed by atoms with Gasteiger partial charge in [0.05, 0.1) is 0 Å². The predicted octanol–water partition coefficient (Wildman–Crippen LogP) is 3.82. The van der Waals surface area contributed by atoms with Gasteiger partial charge >= 0.3 is 5.76 Å². The molecule has 1 aliphatic heterocycles. The van der Waals surface area contributed by atoms with Crippen molar-refractivity contribution in [3.63, 3.8) is 0 Å². The maximum absolute atomic E-state index is 12.2. The van der Waals surface area contributed by atoms with Crippen molar-refractivity contribution in [1.82, 2.24) is 14.6 Å². The van der Waals surface area contributed by atoms with Crippen LogP contribution in [0.25, 0.3) is 11.1 Å². The normalized spacial score (nSPS) is 14.1. The molecule has 2 aromatic heterocycles. The van der Waals surface area contributed by atoms with Gasteiger partial charge in [-0.3, -0.25) is 5.43 Å². The van der Waals surface area contributed by atoms with Gasteiger partial charge in [-0.15, -0.1) is 0 Å². The summed E-state index contributed by atoms with van der Waals surface area (Å²) >= 11 is 0. The van der Waals surface area contributed by atoms with Crippen LogP contribution in [0.3, 0.4) is 0 Å². The third-order valence-corrected chi connectivity index (χ3v) is 4.59. The lowest BCUT2D eigenvalue weighted by Gasteiger charge is -2.16. The zero-order chi connectivity index (χ0) is 20.9. The summed E-state index contributed by atoms with van der Waals surface area (Å²) in [5, 5.41) is 3.15. The van der Waals surface area contributed by atoms with Gasteiger partial charge in [0.2, 0.25) is 11.7 Å². The van der Waals surface area contributed by atoms with Gasteiger partial charge < -0.3 is 19.2 Å². The molecule has 9 heteroatoms. The summed E-state index contributed by atoms with van der Waals surface area (Å²) in [7, 11) is 0. The Morgan fingerprint density at radius 3 is 2.73 bits per heavy atom. The molecule has 30 heavy (non-hydrogen) atoms. The lowest BCUT2D eigenvalue weighted by molar-refractivity contribution is -0.0431. The van der Waals surface area contributed by atoms with Crippen molar-refractivity contribution < 1.29 is 13.9 Å². The van der Waals surface area contributed by atoms with Gasteiger partial charge in [-0.2, -0.15) is 9.66 Å². The molecule has 0 unspecified atom stereocenters. The Kier molecular flexibility index (Phi) is 3.92. The largest absolute Gasteiger partial charge is 0.449 e. The minimum Gasteiger partial charge on any atom is -0.449 e. The van der Waals surface area contributed by atoms with Gasteiger partial charge in [0.1, 0.15) is 5.52 Å². The van der Waals surface area contributed by atoms with E-state index in [-0.39, 0.29) is 0 Å². The Balaban J connectivity index is 1.43. The van der Waals surface area contributed by atoms with Crippen LogP contribution in [0.1, 0.15) is 19.4 Å². The van der Waals surface area contributed by atoms with E-state index in [9.17, 15) is 4.79 Å². The van der Waals surface area contributed by atoms with Crippen molar-refractivity contribution in [3.8, 4) is 11.5 Å². The topological polar surface area (TPSA) is 103 Å². The quantitative estimate of drug-likeness (QED) is 0.528. The number of ether oxygens (including phenoxy) is 2. The molecular weight excluding hydrogens is 386 g/mol. The number of aromatic nitrogens is 3. The van der Waals surface area contributed by atoms with Crippen molar-refractivity contribution in [2.24, 2.45) is 0 Å². The zero-order valence-electron chi connectivity index (χ0n) is 16.6. The number of anilines is 3. The number of hydrogen-bond donors (Lipinski definition) is 2. The molecule has 0 radical (unpaired) electrons. The fourth-order valence-electron chi connectivity index (χ4n) is 3.22. The first-order valence-electron chi connectivity index (χ1n) is 9.38. The number of nitrogens with zero attached hydrogens (tertiary/aromatic N) is 3. The molecule has 0 fully saturated rings. The van der Waals surface area contributed by atoms with Crippen LogP contribution in [-0.4, -0.2) is 20.4 Å². The first-order valence-corrected chi connectivity index (χ1v) is 9.38. The van der Waals surface area contributed by atoms with Gasteiger partial charge in [0.25, 0.3) is 0 Å². The second-order valence-corrected chi connectivity index (χ2v) is 7.40. The van der Waals surface area contributed by atoms with Gasteiger partial charge in [-0.05, 0) is 31.2 Å². The summed E-state index contributed by atoms with van der Waals surface area (Å²) in [6.07, 6.45) is 1.67. The summed E-state index contributed by atoms with van der Waals surface area (Å²) in [6, 6.07) is 12.7. The molecule has 2 N–H and O–H groups in total. The van der Waals surface area contributed by atoms with Crippen molar-refractivity contribution in [2.75, 3.05) is 10.7 Å². The summed E-state index contributed by atoms with van der Waals surface area (Å²) in [6.45, 7) is 5.55. The highest BCUT2D eigenvalue weighted by Crippen LogP contribution is 2.41. The van der Waals surface area contributed by atoms with E-state index in [0.717, 1.165) is 11.3 Å². The first kappa shape index (κ1) is 18.0. The molecule has 1 aliphatic rings. The molecule has 0 aliphatic carbocycles. The van der Waals surface area contributed by atoms with Crippen LogP contribution < -0.4 is 26.0 Å². The Morgan fingerprint density at radius 2 is 1.87 bits per heavy atom. The molecule has 2 aromatic carbocycles. The number of aryl methyl sites for hydroxylation is 1. The summed E-state index contributed by atoms with van der Waals surface area (Å²) in [5.41, 5.74) is 5.64. The van der Waals surface area contributed by atoms with Crippen LogP contribution in [0, 0.1) is 6.92 Å². The fraction of sp³-hybridized carbons (Fsp3) is 0.190. The molecule has 0 spiro atoms. The fourth-order valence-corrected chi connectivity index (χ4v) is 3.22. The van der Waals surface area contributed by atoms with Gasteiger partial charge in [-0.25, -0.2) is 9.78 Å². The maximum atomic E-state index is 12.2. The van der Waals surface area contributed by atoms with E-state index in [4.69, 9.17) is 13.9 Å². The Bertz CT molecular complexity index is 1320. The summed E-state index contributed by atoms with van der Waals surface area (Å²) < 4.78 is 18.1. The number of hydrogen-bond acceptors (Lipinski definition) is 8. The molecule has 0 saturated heterocycles. The van der Waals surface area contributed by atoms with Gasteiger partial charge in [0.15, 0.2) is 22.9 Å². The number of nitrogens with one attached hydrogen (secondary N) is 2. The lowest BCUT2D eigenvalue weighted by atomic mass is 10.3. The average Bonchev–Trinajstić information content (AvgIpc) is 3.18. The monoisotopic (exact) mass is 405 g/mol. The molecule has 5 rings (SSSR count). The zero-order valence-corrected chi connectivity index (χ0v) is 16.6. The van der Waals surface area contributed by atoms with E-state index in [1.165, 1.54) is 4.68 Å². The molecule has 9 nitrogen and oxygen atoms in total. The Hall–Kier alpha value is -4.01. The first-order chi connectivity index (χ1) is 14.4. The van der Waals surface area contributed by atoms with Crippen LogP contribution in [0.15, 0.2) is 57.9 Å². The van der Waals surface area contributed by atoms with E-state index in [1.807, 2.05) is 45.0 Å². The molecule has 4 aromatic rings. The van der Waals surface area contributed by atoms with E-state index in [1.54, 1.807) is 24.4 Å². The maximum Gasteiger partial charge on any atom is 0.439 e. The minimum atomic E-state index is -0.695. The molecule has 152 valence electrons. The van der Waals surface area contributed by atoms with Gasteiger partial charge in [-0.1, -0.05) is 12.1 Å². The number of para-hydroxylation sites is 2.